The van der Waals surface area contributed by atoms with Gasteiger partial charge < -0.3 is 15.8 Å². The molecule has 1 aromatic heterocycles. The van der Waals surface area contributed by atoms with Gasteiger partial charge in [0.1, 0.15) is 0 Å². The highest BCUT2D eigenvalue weighted by Gasteiger charge is 2.23. The van der Waals surface area contributed by atoms with E-state index in [2.05, 4.69) is 10.4 Å². The van der Waals surface area contributed by atoms with Gasteiger partial charge in [0.15, 0.2) is 11.8 Å². The van der Waals surface area contributed by atoms with Crippen molar-refractivity contribution in [2.45, 2.75) is 26.9 Å². The van der Waals surface area contributed by atoms with Crippen molar-refractivity contribution in [3.8, 4) is 0 Å². The van der Waals surface area contributed by atoms with Crippen molar-refractivity contribution in [2.24, 2.45) is 7.05 Å². The van der Waals surface area contributed by atoms with Crippen LogP contribution in [0.3, 0.4) is 0 Å². The Morgan fingerprint density at radius 3 is 2.61 bits per heavy atom. The molecule has 1 rings (SSSR count). The highest BCUT2D eigenvalue weighted by Crippen LogP contribution is 2.16. The van der Waals surface area contributed by atoms with Crippen LogP contribution >= 0.6 is 0 Å². The number of ether oxygens (including phenoxy) is 1. The van der Waals surface area contributed by atoms with E-state index >= 15 is 0 Å². The summed E-state index contributed by atoms with van der Waals surface area (Å²) in [4.78, 5) is 23.3. The van der Waals surface area contributed by atoms with Crippen LogP contribution < -0.4 is 11.1 Å². The van der Waals surface area contributed by atoms with Gasteiger partial charge in [-0.3, -0.25) is 9.48 Å². The second kappa shape index (κ2) is 5.52. The summed E-state index contributed by atoms with van der Waals surface area (Å²) in [6.07, 6.45) is -0.868. The summed E-state index contributed by atoms with van der Waals surface area (Å²) >= 11 is 0. The number of nitrogens with two attached hydrogens (primary N) is 1. The van der Waals surface area contributed by atoms with Crippen molar-refractivity contribution in [1.82, 2.24) is 15.1 Å². The van der Waals surface area contributed by atoms with Gasteiger partial charge in [0.05, 0.1) is 11.4 Å². The molecular weight excluding hydrogens is 236 g/mol. The summed E-state index contributed by atoms with van der Waals surface area (Å²) < 4.78 is 6.38. The fourth-order valence-electron chi connectivity index (χ4n) is 1.50. The summed E-state index contributed by atoms with van der Waals surface area (Å²) in [7, 11) is 1.59. The minimum absolute atomic E-state index is 0.156. The predicted molar refractivity (Wildman–Crippen MR) is 65.9 cm³/mol. The fraction of sp³-hybridized carbons (Fsp3) is 0.545. The first-order valence-electron chi connectivity index (χ1n) is 5.66. The van der Waals surface area contributed by atoms with Gasteiger partial charge >= 0.3 is 5.97 Å². The van der Waals surface area contributed by atoms with Crippen LogP contribution in [0.15, 0.2) is 0 Å². The minimum atomic E-state index is -0.868. The molecule has 7 heteroatoms. The number of esters is 1. The largest absolute Gasteiger partial charge is 0.448 e. The highest BCUT2D eigenvalue weighted by atomic mass is 16.5. The lowest BCUT2D eigenvalue weighted by Gasteiger charge is -2.12. The van der Waals surface area contributed by atoms with Gasteiger partial charge in [-0.1, -0.05) is 0 Å². The van der Waals surface area contributed by atoms with Crippen LogP contribution in [0.4, 0.5) is 5.69 Å². The molecule has 0 fully saturated rings. The molecule has 0 aromatic carbocycles. The second-order valence-corrected chi connectivity index (χ2v) is 3.91. The smallest absolute Gasteiger partial charge is 0.359 e. The zero-order valence-electron chi connectivity index (χ0n) is 11.0. The SMILES string of the molecule is CCNC(=O)C(C)OC(=O)c1c(N)c(C)nn1C. The van der Waals surface area contributed by atoms with Gasteiger partial charge in [0, 0.05) is 13.6 Å². The van der Waals surface area contributed by atoms with Crippen LogP contribution in [-0.4, -0.2) is 34.3 Å². The van der Waals surface area contributed by atoms with Crippen LogP contribution in [0.1, 0.15) is 30.0 Å². The third-order valence-electron chi connectivity index (χ3n) is 2.47. The Balaban J connectivity index is 2.80. The average Bonchev–Trinajstić information content (AvgIpc) is 2.53. The standard InChI is InChI=1S/C11H18N4O3/c1-5-13-10(16)7(3)18-11(17)9-8(12)6(2)14-15(9)4/h7H,5,12H2,1-4H3,(H,13,16). The molecule has 7 nitrogen and oxygen atoms in total. The Hall–Kier alpha value is -2.05. The van der Waals surface area contributed by atoms with Gasteiger partial charge in [0.2, 0.25) is 0 Å². The maximum Gasteiger partial charge on any atom is 0.359 e. The monoisotopic (exact) mass is 254 g/mol. The van der Waals surface area contributed by atoms with E-state index in [-0.39, 0.29) is 17.3 Å². The maximum absolute atomic E-state index is 11.9. The van der Waals surface area contributed by atoms with Crippen molar-refractivity contribution in [2.75, 3.05) is 12.3 Å². The van der Waals surface area contributed by atoms with Crippen LogP contribution in [0.2, 0.25) is 0 Å². The normalized spacial score (nSPS) is 12.0. The van der Waals surface area contributed by atoms with E-state index in [4.69, 9.17) is 10.5 Å². The molecule has 100 valence electrons. The third-order valence-corrected chi connectivity index (χ3v) is 2.47. The number of nitrogens with zero attached hydrogens (tertiary/aromatic N) is 2. The van der Waals surface area contributed by atoms with Gasteiger partial charge in [-0.25, -0.2) is 4.79 Å². The second-order valence-electron chi connectivity index (χ2n) is 3.91. The molecule has 0 aliphatic heterocycles. The number of aryl methyl sites for hydroxylation is 2. The van der Waals surface area contributed by atoms with Crippen LogP contribution in [0, 0.1) is 6.92 Å². The predicted octanol–water partition coefficient (Wildman–Crippen LogP) is -0.00788. The Labute approximate surface area is 105 Å². The van der Waals surface area contributed by atoms with Crippen LogP contribution in [0.5, 0.6) is 0 Å². The minimum Gasteiger partial charge on any atom is -0.448 e. The molecule has 0 aliphatic carbocycles. The zero-order valence-corrected chi connectivity index (χ0v) is 11.0. The molecule has 1 atom stereocenters. The number of carbonyl (C=O) groups is 2. The number of rotatable bonds is 4. The Morgan fingerprint density at radius 1 is 1.56 bits per heavy atom. The number of aromatic nitrogens is 2. The van der Waals surface area contributed by atoms with Crippen LogP contribution in [-0.2, 0) is 16.6 Å². The molecule has 18 heavy (non-hydrogen) atoms. The van der Waals surface area contributed by atoms with Crippen molar-refractivity contribution in [3.63, 3.8) is 0 Å². The number of nitrogens with one attached hydrogen (secondary N) is 1. The molecule has 3 N–H and O–H groups in total. The first kappa shape index (κ1) is 14.0. The Kier molecular flexibility index (Phi) is 4.30. The lowest BCUT2D eigenvalue weighted by atomic mass is 10.3. The molecule has 0 spiro atoms. The van der Waals surface area contributed by atoms with Crippen molar-refractivity contribution in [3.05, 3.63) is 11.4 Å². The summed E-state index contributed by atoms with van der Waals surface area (Å²) in [5, 5.41) is 6.58. The summed E-state index contributed by atoms with van der Waals surface area (Å²) in [6.45, 7) is 5.46. The average molecular weight is 254 g/mol. The number of hydrogen-bond acceptors (Lipinski definition) is 5. The molecule has 1 amide bonds. The van der Waals surface area contributed by atoms with Gasteiger partial charge in [-0.15, -0.1) is 0 Å². The maximum atomic E-state index is 11.9. The van der Waals surface area contributed by atoms with E-state index in [1.165, 1.54) is 11.6 Å². The quantitative estimate of drug-likeness (QED) is 0.736. The lowest BCUT2D eigenvalue weighted by molar-refractivity contribution is -0.129. The number of anilines is 1. The molecular formula is C11H18N4O3. The molecule has 0 bridgehead atoms. The molecule has 0 aliphatic rings. The van der Waals surface area contributed by atoms with Crippen molar-refractivity contribution < 1.29 is 14.3 Å². The van der Waals surface area contributed by atoms with E-state index in [0.717, 1.165) is 0 Å². The molecule has 1 unspecified atom stereocenters. The topological polar surface area (TPSA) is 99.2 Å². The highest BCUT2D eigenvalue weighted by molar-refractivity contribution is 5.95. The Bertz CT molecular complexity index is 467. The summed E-state index contributed by atoms with van der Waals surface area (Å²) in [5.41, 5.74) is 6.71. The fourth-order valence-corrected chi connectivity index (χ4v) is 1.50. The number of hydrogen-bond donors (Lipinski definition) is 2. The van der Waals surface area contributed by atoms with Crippen LogP contribution in [0.25, 0.3) is 0 Å². The molecule has 0 saturated carbocycles. The van der Waals surface area contributed by atoms with Gasteiger partial charge in [-0.2, -0.15) is 5.10 Å². The summed E-state index contributed by atoms with van der Waals surface area (Å²) in [6, 6.07) is 0. The first-order chi connectivity index (χ1) is 8.38. The molecule has 0 radical (unpaired) electrons. The third kappa shape index (κ3) is 2.79. The number of carbonyl (C=O) groups excluding carboxylic acids is 2. The van der Waals surface area contributed by atoms with E-state index in [9.17, 15) is 9.59 Å². The molecule has 1 aromatic rings. The lowest BCUT2D eigenvalue weighted by Crippen LogP contribution is -2.36. The number of amides is 1. The Morgan fingerprint density at radius 2 is 2.17 bits per heavy atom. The first-order valence-corrected chi connectivity index (χ1v) is 5.66. The van der Waals surface area contributed by atoms with E-state index in [1.807, 2.05) is 0 Å². The zero-order chi connectivity index (χ0) is 13.9. The summed E-state index contributed by atoms with van der Waals surface area (Å²) in [5.74, 6) is -1.00. The molecule has 1 heterocycles. The van der Waals surface area contributed by atoms with E-state index in [0.29, 0.717) is 12.2 Å². The van der Waals surface area contributed by atoms with Gasteiger partial charge in [0.25, 0.3) is 5.91 Å². The number of nitrogen functional groups attached to an aromatic ring is 1. The van der Waals surface area contributed by atoms with E-state index in [1.54, 1.807) is 20.9 Å². The van der Waals surface area contributed by atoms with E-state index < -0.39 is 12.1 Å². The van der Waals surface area contributed by atoms with Gasteiger partial charge in [-0.05, 0) is 20.8 Å². The van der Waals surface area contributed by atoms with Crippen molar-refractivity contribution >= 4 is 17.6 Å². The number of likely N-dealkylation sites (N-methyl/N-ethyl adjacent to an activating group) is 1. The molecule has 0 saturated heterocycles. The van der Waals surface area contributed by atoms with Crippen molar-refractivity contribution in [1.29, 1.82) is 0 Å².